The SMILES string of the molecule is O=C1CN(CCn2nc(-c3ccccn3)ccc2=O)CCN1. The molecule has 0 unspecified atom stereocenters. The lowest BCUT2D eigenvalue weighted by Gasteiger charge is -2.26. The van der Waals surface area contributed by atoms with Crippen molar-refractivity contribution >= 4 is 5.91 Å². The fourth-order valence-corrected chi connectivity index (χ4v) is 2.38. The minimum Gasteiger partial charge on any atom is -0.354 e. The summed E-state index contributed by atoms with van der Waals surface area (Å²) >= 11 is 0. The standard InChI is InChI=1S/C15H17N5O2/c21-14-11-19(8-7-17-14)9-10-20-15(22)5-4-13(18-20)12-3-1-2-6-16-12/h1-6H,7-11H2,(H,17,21). The van der Waals surface area contributed by atoms with Gasteiger partial charge >= 0.3 is 0 Å². The number of aromatic nitrogens is 3. The lowest BCUT2D eigenvalue weighted by Crippen LogP contribution is -2.48. The second-order valence-electron chi connectivity index (χ2n) is 5.12. The Balaban J connectivity index is 1.73. The van der Waals surface area contributed by atoms with Crippen molar-refractivity contribution in [2.24, 2.45) is 0 Å². The molecule has 1 N–H and O–H groups in total. The first-order valence-corrected chi connectivity index (χ1v) is 7.21. The second kappa shape index (κ2) is 6.48. The van der Waals surface area contributed by atoms with Crippen LogP contribution in [0, 0.1) is 0 Å². The Bertz CT molecular complexity index is 713. The van der Waals surface area contributed by atoms with Gasteiger partial charge in [-0.3, -0.25) is 19.5 Å². The van der Waals surface area contributed by atoms with Gasteiger partial charge in [-0.1, -0.05) is 6.07 Å². The highest BCUT2D eigenvalue weighted by Gasteiger charge is 2.16. The molecule has 0 radical (unpaired) electrons. The highest BCUT2D eigenvalue weighted by atomic mass is 16.2. The van der Waals surface area contributed by atoms with E-state index in [0.29, 0.717) is 31.9 Å². The molecule has 22 heavy (non-hydrogen) atoms. The molecule has 2 aromatic heterocycles. The number of nitrogens with one attached hydrogen (secondary N) is 1. The number of nitrogens with zero attached hydrogens (tertiary/aromatic N) is 4. The summed E-state index contributed by atoms with van der Waals surface area (Å²) in [5.41, 5.74) is 1.24. The largest absolute Gasteiger partial charge is 0.354 e. The first-order valence-electron chi connectivity index (χ1n) is 7.21. The van der Waals surface area contributed by atoms with Gasteiger partial charge in [0.1, 0.15) is 5.69 Å². The maximum absolute atomic E-state index is 11.9. The highest BCUT2D eigenvalue weighted by Crippen LogP contribution is 2.10. The van der Waals surface area contributed by atoms with Crippen molar-refractivity contribution < 1.29 is 4.79 Å². The molecule has 1 amide bonds. The third kappa shape index (κ3) is 3.37. The zero-order valence-corrected chi connectivity index (χ0v) is 12.1. The van der Waals surface area contributed by atoms with Crippen LogP contribution in [-0.2, 0) is 11.3 Å². The highest BCUT2D eigenvalue weighted by molar-refractivity contribution is 5.78. The number of hydrogen-bond acceptors (Lipinski definition) is 5. The maximum atomic E-state index is 11.9. The molecule has 1 saturated heterocycles. The number of rotatable bonds is 4. The van der Waals surface area contributed by atoms with Gasteiger partial charge in [0.05, 0.1) is 18.8 Å². The van der Waals surface area contributed by atoms with Crippen LogP contribution in [0.2, 0.25) is 0 Å². The van der Waals surface area contributed by atoms with E-state index in [2.05, 4.69) is 15.4 Å². The quantitative estimate of drug-likeness (QED) is 0.841. The summed E-state index contributed by atoms with van der Waals surface area (Å²) in [5, 5.41) is 7.14. The topological polar surface area (TPSA) is 80.1 Å². The van der Waals surface area contributed by atoms with E-state index in [4.69, 9.17) is 0 Å². The molecule has 3 heterocycles. The van der Waals surface area contributed by atoms with Crippen LogP contribution in [0.1, 0.15) is 0 Å². The van der Waals surface area contributed by atoms with Gasteiger partial charge in [-0.25, -0.2) is 4.68 Å². The lowest BCUT2D eigenvalue weighted by molar-refractivity contribution is -0.124. The average Bonchev–Trinajstić information content (AvgIpc) is 2.55. The maximum Gasteiger partial charge on any atom is 0.266 e. The molecule has 0 atom stereocenters. The van der Waals surface area contributed by atoms with Gasteiger partial charge in [-0.15, -0.1) is 0 Å². The summed E-state index contributed by atoms with van der Waals surface area (Å²) in [6.07, 6.45) is 1.69. The minimum absolute atomic E-state index is 0.0220. The van der Waals surface area contributed by atoms with E-state index in [9.17, 15) is 9.59 Å². The van der Waals surface area contributed by atoms with Crippen molar-refractivity contribution in [3.63, 3.8) is 0 Å². The molecule has 7 nitrogen and oxygen atoms in total. The average molecular weight is 299 g/mol. The van der Waals surface area contributed by atoms with Crippen LogP contribution in [0.5, 0.6) is 0 Å². The van der Waals surface area contributed by atoms with E-state index < -0.39 is 0 Å². The van der Waals surface area contributed by atoms with Gasteiger partial charge in [-0.05, 0) is 18.2 Å². The first kappa shape index (κ1) is 14.4. The third-order valence-corrected chi connectivity index (χ3v) is 3.54. The van der Waals surface area contributed by atoms with E-state index in [-0.39, 0.29) is 11.5 Å². The minimum atomic E-state index is -0.152. The van der Waals surface area contributed by atoms with Crippen LogP contribution >= 0.6 is 0 Å². The van der Waals surface area contributed by atoms with Crippen LogP contribution in [-0.4, -0.2) is 51.8 Å². The number of piperazine rings is 1. The number of hydrogen-bond donors (Lipinski definition) is 1. The second-order valence-corrected chi connectivity index (χ2v) is 5.12. The van der Waals surface area contributed by atoms with Crippen LogP contribution < -0.4 is 10.9 Å². The van der Waals surface area contributed by atoms with Crippen molar-refractivity contribution in [2.75, 3.05) is 26.2 Å². The van der Waals surface area contributed by atoms with Crippen LogP contribution in [0.25, 0.3) is 11.4 Å². The van der Waals surface area contributed by atoms with E-state index in [1.807, 2.05) is 23.1 Å². The van der Waals surface area contributed by atoms with Crippen molar-refractivity contribution in [1.29, 1.82) is 0 Å². The van der Waals surface area contributed by atoms with Gasteiger partial charge in [0.2, 0.25) is 5.91 Å². The van der Waals surface area contributed by atoms with E-state index in [0.717, 1.165) is 12.2 Å². The molecule has 7 heteroatoms. The van der Waals surface area contributed by atoms with Gasteiger partial charge in [0, 0.05) is 31.9 Å². The summed E-state index contributed by atoms with van der Waals surface area (Å²) in [6, 6.07) is 8.74. The number of carbonyl (C=O) groups excluding carboxylic acids is 1. The van der Waals surface area contributed by atoms with Crippen LogP contribution in [0.4, 0.5) is 0 Å². The molecule has 1 aliphatic rings. The molecule has 3 rings (SSSR count). The summed E-state index contributed by atoms with van der Waals surface area (Å²) in [4.78, 5) is 29.5. The molecule has 0 bridgehead atoms. The number of amides is 1. The van der Waals surface area contributed by atoms with Gasteiger partial charge < -0.3 is 5.32 Å². The third-order valence-electron chi connectivity index (χ3n) is 3.54. The summed E-state index contributed by atoms with van der Waals surface area (Å²) < 4.78 is 1.43. The van der Waals surface area contributed by atoms with E-state index in [1.165, 1.54) is 10.7 Å². The number of pyridine rings is 1. The predicted molar refractivity (Wildman–Crippen MR) is 81.2 cm³/mol. The molecule has 114 valence electrons. The normalized spacial score (nSPS) is 15.5. The predicted octanol–water partition coefficient (Wildman–Crippen LogP) is -0.263. The fraction of sp³-hybridized carbons (Fsp3) is 0.333. The summed E-state index contributed by atoms with van der Waals surface area (Å²) in [6.45, 7) is 2.88. The van der Waals surface area contributed by atoms with Gasteiger partial charge in [0.15, 0.2) is 0 Å². The van der Waals surface area contributed by atoms with Crippen molar-refractivity contribution in [3.8, 4) is 11.4 Å². The van der Waals surface area contributed by atoms with E-state index >= 15 is 0 Å². The Labute approximate surface area is 127 Å². The van der Waals surface area contributed by atoms with Crippen molar-refractivity contribution in [1.82, 2.24) is 25.0 Å². The van der Waals surface area contributed by atoms with Gasteiger partial charge in [-0.2, -0.15) is 5.10 Å². The Hall–Kier alpha value is -2.54. The number of carbonyl (C=O) groups is 1. The zero-order chi connectivity index (χ0) is 15.4. The first-order chi connectivity index (χ1) is 10.7. The summed E-state index contributed by atoms with van der Waals surface area (Å²) in [5.74, 6) is 0.0220. The Morgan fingerprint density at radius 3 is 2.77 bits per heavy atom. The van der Waals surface area contributed by atoms with Crippen molar-refractivity contribution in [3.05, 3.63) is 46.9 Å². The molecule has 0 saturated carbocycles. The molecule has 0 spiro atoms. The Morgan fingerprint density at radius 2 is 2.00 bits per heavy atom. The molecular weight excluding hydrogens is 282 g/mol. The summed E-state index contributed by atoms with van der Waals surface area (Å²) in [7, 11) is 0. The van der Waals surface area contributed by atoms with Crippen LogP contribution in [0.15, 0.2) is 41.3 Å². The fourth-order valence-electron chi connectivity index (χ4n) is 2.38. The van der Waals surface area contributed by atoms with Crippen LogP contribution in [0.3, 0.4) is 0 Å². The molecular formula is C15H17N5O2. The van der Waals surface area contributed by atoms with Gasteiger partial charge in [0.25, 0.3) is 5.56 Å². The molecule has 0 aliphatic carbocycles. The Kier molecular flexibility index (Phi) is 4.24. The van der Waals surface area contributed by atoms with Crippen molar-refractivity contribution in [2.45, 2.75) is 6.54 Å². The van der Waals surface area contributed by atoms with E-state index in [1.54, 1.807) is 12.3 Å². The molecule has 1 fully saturated rings. The molecule has 2 aromatic rings. The smallest absolute Gasteiger partial charge is 0.266 e. The Morgan fingerprint density at radius 1 is 1.09 bits per heavy atom. The monoisotopic (exact) mass is 299 g/mol. The molecule has 1 aliphatic heterocycles. The molecule has 0 aromatic carbocycles. The zero-order valence-electron chi connectivity index (χ0n) is 12.1. The lowest BCUT2D eigenvalue weighted by atomic mass is 10.2.